The van der Waals surface area contributed by atoms with E-state index in [1.54, 1.807) is 6.08 Å². The lowest BCUT2D eigenvalue weighted by molar-refractivity contribution is -0.870. The van der Waals surface area contributed by atoms with Crippen LogP contribution in [0.15, 0.2) is 85.1 Å². The second-order valence-corrected chi connectivity index (χ2v) is 18.8. The number of quaternary nitrogens is 1. The summed E-state index contributed by atoms with van der Waals surface area (Å²) in [5.41, 5.74) is 0. The number of unbranched alkanes of at least 4 members (excludes halogenated alkanes) is 18. The minimum absolute atomic E-state index is 0.0131. The van der Waals surface area contributed by atoms with Crippen molar-refractivity contribution in [2.45, 2.75) is 199 Å². The van der Waals surface area contributed by atoms with Crippen molar-refractivity contribution in [2.24, 2.45) is 0 Å². The summed E-state index contributed by atoms with van der Waals surface area (Å²) >= 11 is 0. The van der Waals surface area contributed by atoms with Crippen LogP contribution >= 0.6 is 7.82 Å². The topological polar surface area (TPSA) is 108 Å². The SMILES string of the molecule is CC/C=C\C/C=C\C/C=C\C/C=C\CCCCCCCCCCCCCCC(=O)NC(COP(=O)([O-])OCC[N+](C)(C)C)C(O)/C=C/CC/C=C/CC/C=C/CCCCCC. The predicted octanol–water partition coefficient (Wildman–Crippen LogP) is 13.5. The third-order valence-corrected chi connectivity index (χ3v) is 11.3. The molecule has 0 aromatic carbocycles. The number of nitrogens with one attached hydrogen (secondary N) is 1. The molecule has 0 bridgehead atoms. The van der Waals surface area contributed by atoms with Crippen LogP contribution in [-0.4, -0.2) is 68.5 Å². The Morgan fingerprint density at radius 3 is 1.52 bits per heavy atom. The van der Waals surface area contributed by atoms with E-state index >= 15 is 0 Å². The van der Waals surface area contributed by atoms with E-state index in [0.29, 0.717) is 17.4 Å². The van der Waals surface area contributed by atoms with E-state index in [-0.39, 0.29) is 12.5 Å². The molecular formula is C52H93N2O6P. The first-order chi connectivity index (χ1) is 29.5. The molecule has 0 heterocycles. The molecule has 0 saturated carbocycles. The van der Waals surface area contributed by atoms with E-state index in [2.05, 4.69) is 92.1 Å². The molecule has 61 heavy (non-hydrogen) atoms. The Bertz CT molecular complexity index is 1260. The lowest BCUT2D eigenvalue weighted by atomic mass is 10.0. The van der Waals surface area contributed by atoms with E-state index in [0.717, 1.165) is 77.0 Å². The number of likely N-dealkylation sites (N-methyl/N-ethyl adjacent to an activating group) is 1. The summed E-state index contributed by atoms with van der Waals surface area (Å²) in [5, 5.41) is 13.8. The van der Waals surface area contributed by atoms with E-state index in [4.69, 9.17) is 9.05 Å². The Labute approximate surface area is 376 Å². The van der Waals surface area contributed by atoms with Gasteiger partial charge in [-0.05, 0) is 83.5 Å². The van der Waals surface area contributed by atoms with Gasteiger partial charge in [-0.15, -0.1) is 0 Å². The Hall–Kier alpha value is -2.32. The number of hydrogen-bond acceptors (Lipinski definition) is 6. The fourth-order valence-corrected chi connectivity index (χ4v) is 7.19. The number of rotatable bonds is 43. The molecule has 8 nitrogen and oxygen atoms in total. The van der Waals surface area contributed by atoms with Gasteiger partial charge in [0.2, 0.25) is 5.91 Å². The summed E-state index contributed by atoms with van der Waals surface area (Å²) in [7, 11) is 1.22. The number of aliphatic hydroxyl groups is 1. The zero-order chi connectivity index (χ0) is 45.0. The summed E-state index contributed by atoms with van der Waals surface area (Å²) in [6.45, 7) is 4.46. The zero-order valence-corrected chi connectivity index (χ0v) is 40.7. The average molecular weight is 873 g/mol. The fourth-order valence-electron chi connectivity index (χ4n) is 6.47. The molecule has 0 fully saturated rings. The van der Waals surface area contributed by atoms with Crippen LogP contribution in [0.1, 0.15) is 187 Å². The molecule has 0 spiro atoms. The molecule has 0 aromatic heterocycles. The number of aliphatic hydroxyl groups excluding tert-OH is 1. The number of phosphoric ester groups is 1. The van der Waals surface area contributed by atoms with Crippen molar-refractivity contribution in [1.29, 1.82) is 0 Å². The summed E-state index contributed by atoms with van der Waals surface area (Å²) in [4.78, 5) is 25.4. The van der Waals surface area contributed by atoms with E-state index in [1.165, 1.54) is 89.9 Å². The Kier molecular flexibility index (Phi) is 41.3. The molecular weight excluding hydrogens is 780 g/mol. The summed E-state index contributed by atoms with van der Waals surface area (Å²) in [6.07, 6.45) is 59.3. The molecule has 2 N–H and O–H groups in total. The molecule has 3 unspecified atom stereocenters. The molecule has 0 saturated heterocycles. The van der Waals surface area contributed by atoms with Gasteiger partial charge in [-0.3, -0.25) is 9.36 Å². The number of nitrogens with zero attached hydrogens (tertiary/aromatic N) is 1. The van der Waals surface area contributed by atoms with Gasteiger partial charge in [0.05, 0.1) is 39.9 Å². The largest absolute Gasteiger partial charge is 0.756 e. The highest BCUT2D eigenvalue weighted by Gasteiger charge is 2.23. The van der Waals surface area contributed by atoms with Gasteiger partial charge >= 0.3 is 0 Å². The summed E-state index contributed by atoms with van der Waals surface area (Å²) in [6, 6.07) is -0.914. The maximum Gasteiger partial charge on any atom is 0.268 e. The quantitative estimate of drug-likeness (QED) is 0.0273. The smallest absolute Gasteiger partial charge is 0.268 e. The van der Waals surface area contributed by atoms with Gasteiger partial charge < -0.3 is 28.8 Å². The first kappa shape index (κ1) is 58.7. The first-order valence-corrected chi connectivity index (χ1v) is 25.9. The molecule has 0 aliphatic carbocycles. The maximum atomic E-state index is 12.9. The van der Waals surface area contributed by atoms with Crippen molar-refractivity contribution in [3.63, 3.8) is 0 Å². The lowest BCUT2D eigenvalue weighted by Gasteiger charge is -2.29. The number of phosphoric acid groups is 1. The van der Waals surface area contributed by atoms with E-state index in [9.17, 15) is 19.4 Å². The van der Waals surface area contributed by atoms with Crippen LogP contribution in [-0.2, 0) is 18.4 Å². The molecule has 0 rings (SSSR count). The van der Waals surface area contributed by atoms with E-state index < -0.39 is 26.6 Å². The number of hydrogen-bond donors (Lipinski definition) is 2. The Morgan fingerprint density at radius 2 is 1.02 bits per heavy atom. The van der Waals surface area contributed by atoms with Crippen molar-refractivity contribution < 1.29 is 32.9 Å². The van der Waals surface area contributed by atoms with Gasteiger partial charge in [0.25, 0.3) is 7.82 Å². The molecule has 0 aromatic rings. The van der Waals surface area contributed by atoms with Gasteiger partial charge in [0.15, 0.2) is 0 Å². The Balaban J connectivity index is 4.32. The number of carbonyl (C=O) groups is 1. The van der Waals surface area contributed by atoms with Crippen molar-refractivity contribution in [1.82, 2.24) is 5.32 Å². The van der Waals surface area contributed by atoms with Crippen LogP contribution in [0.3, 0.4) is 0 Å². The molecule has 0 aliphatic heterocycles. The van der Waals surface area contributed by atoms with Crippen LogP contribution in [0.2, 0.25) is 0 Å². The third-order valence-electron chi connectivity index (χ3n) is 10.3. The average Bonchev–Trinajstić information content (AvgIpc) is 3.21. The monoisotopic (exact) mass is 873 g/mol. The van der Waals surface area contributed by atoms with Gasteiger partial charge in [-0.2, -0.15) is 0 Å². The molecule has 0 radical (unpaired) electrons. The second-order valence-electron chi connectivity index (χ2n) is 17.4. The van der Waals surface area contributed by atoms with E-state index in [1.807, 2.05) is 27.2 Å². The van der Waals surface area contributed by atoms with Crippen LogP contribution in [0.25, 0.3) is 0 Å². The fraction of sp³-hybridized carbons (Fsp3) is 0.712. The molecule has 352 valence electrons. The molecule has 3 atom stereocenters. The molecule has 0 aliphatic rings. The number of amides is 1. The molecule has 1 amide bonds. The lowest BCUT2D eigenvalue weighted by Crippen LogP contribution is -2.45. The van der Waals surface area contributed by atoms with Crippen molar-refractivity contribution in [3.8, 4) is 0 Å². The van der Waals surface area contributed by atoms with Gasteiger partial charge in [-0.25, -0.2) is 0 Å². The minimum atomic E-state index is -4.61. The Morgan fingerprint density at radius 1 is 0.590 bits per heavy atom. The predicted molar refractivity (Wildman–Crippen MR) is 260 cm³/mol. The first-order valence-electron chi connectivity index (χ1n) is 24.4. The standard InChI is InChI=1S/C52H93N2O6P/c1-6-8-10-12-14-16-18-20-22-23-24-25-26-27-28-29-30-31-32-34-36-38-40-42-44-46-52(56)53-50(49-60-61(57,58)59-48-47-54(3,4)5)51(55)45-43-41-39-37-35-33-21-19-17-15-13-11-9-7-2/h8,10,14,16-17,19-20,22,24-25,35,37,43,45,50-51,55H,6-7,9,11-13,15,18,21,23,26-34,36,38-42,44,46-49H2,1-5H3,(H-,53,56,57,58)/b10-8-,16-14-,19-17+,22-20-,25-24-,37-35+,45-43+. The highest BCUT2D eigenvalue weighted by atomic mass is 31.2. The minimum Gasteiger partial charge on any atom is -0.756 e. The van der Waals surface area contributed by atoms with Crippen LogP contribution in [0.5, 0.6) is 0 Å². The van der Waals surface area contributed by atoms with Gasteiger partial charge in [0.1, 0.15) is 13.2 Å². The number of carbonyl (C=O) groups excluding carboxylic acids is 1. The second kappa shape index (κ2) is 43.0. The molecule has 9 heteroatoms. The number of allylic oxidation sites excluding steroid dienone is 13. The maximum absolute atomic E-state index is 12.9. The van der Waals surface area contributed by atoms with Crippen LogP contribution in [0, 0.1) is 0 Å². The normalized spacial score (nSPS) is 14.9. The van der Waals surface area contributed by atoms with Gasteiger partial charge in [0, 0.05) is 6.42 Å². The summed E-state index contributed by atoms with van der Waals surface area (Å²) in [5.74, 6) is -0.218. The van der Waals surface area contributed by atoms with Gasteiger partial charge in [-0.1, -0.05) is 182 Å². The van der Waals surface area contributed by atoms with Crippen molar-refractivity contribution >= 4 is 13.7 Å². The van der Waals surface area contributed by atoms with Crippen LogP contribution < -0.4 is 10.2 Å². The highest BCUT2D eigenvalue weighted by molar-refractivity contribution is 7.45. The van der Waals surface area contributed by atoms with Crippen LogP contribution in [0.4, 0.5) is 0 Å². The summed E-state index contributed by atoms with van der Waals surface area (Å²) < 4.78 is 23.2. The zero-order valence-electron chi connectivity index (χ0n) is 39.8. The van der Waals surface area contributed by atoms with Crippen molar-refractivity contribution in [2.75, 3.05) is 40.9 Å². The van der Waals surface area contributed by atoms with Crippen molar-refractivity contribution in [3.05, 3.63) is 85.1 Å². The third kappa shape index (κ3) is 45.5. The highest BCUT2D eigenvalue weighted by Crippen LogP contribution is 2.38.